The quantitative estimate of drug-likeness (QED) is 0.628. The summed E-state index contributed by atoms with van der Waals surface area (Å²) in [6, 6.07) is 0. The fourth-order valence-corrected chi connectivity index (χ4v) is 2.57. The molecular formula is C9H15NO4S. The van der Waals surface area contributed by atoms with Gasteiger partial charge in [-0.2, -0.15) is 0 Å². The van der Waals surface area contributed by atoms with Gasteiger partial charge in [-0.15, -0.1) is 11.8 Å². The van der Waals surface area contributed by atoms with Crippen molar-refractivity contribution in [2.45, 2.75) is 30.6 Å². The number of carbonyl (C=O) groups excluding carboxylic acids is 1. The van der Waals surface area contributed by atoms with Gasteiger partial charge in [-0.1, -0.05) is 6.42 Å². The summed E-state index contributed by atoms with van der Waals surface area (Å²) in [5, 5.41) is 19.7. The van der Waals surface area contributed by atoms with Gasteiger partial charge in [0.25, 0.3) is 0 Å². The van der Waals surface area contributed by atoms with Gasteiger partial charge in [-0.3, -0.25) is 4.79 Å². The van der Waals surface area contributed by atoms with Gasteiger partial charge in [0.2, 0.25) is 5.91 Å². The number of amides is 1. The highest BCUT2D eigenvalue weighted by Gasteiger charge is 2.23. The van der Waals surface area contributed by atoms with E-state index in [9.17, 15) is 9.59 Å². The molecule has 0 aliphatic carbocycles. The summed E-state index contributed by atoms with van der Waals surface area (Å²) in [5.74, 6) is -0.508. The molecule has 0 radical (unpaired) electrons. The summed E-state index contributed by atoms with van der Waals surface area (Å²) in [6.07, 6.45) is 1.49. The molecule has 0 spiro atoms. The molecule has 0 saturated carbocycles. The maximum atomic E-state index is 11.5. The first-order chi connectivity index (χ1) is 7.11. The summed E-state index contributed by atoms with van der Waals surface area (Å²) in [7, 11) is 0. The molecule has 1 heterocycles. The van der Waals surface area contributed by atoms with Crippen molar-refractivity contribution in [2.24, 2.45) is 0 Å². The van der Waals surface area contributed by atoms with Gasteiger partial charge in [-0.25, -0.2) is 4.79 Å². The van der Waals surface area contributed by atoms with Gasteiger partial charge in [-0.05, 0) is 18.6 Å². The van der Waals surface area contributed by atoms with E-state index in [1.165, 1.54) is 0 Å². The van der Waals surface area contributed by atoms with E-state index in [1.54, 1.807) is 11.8 Å². The molecule has 1 amide bonds. The van der Waals surface area contributed by atoms with Crippen molar-refractivity contribution >= 4 is 23.6 Å². The molecule has 1 saturated heterocycles. The molecule has 3 N–H and O–H groups in total. The van der Waals surface area contributed by atoms with E-state index in [0.717, 1.165) is 25.0 Å². The minimum atomic E-state index is -1.51. The number of aliphatic carboxylic acids is 1. The fourth-order valence-electron chi connectivity index (χ4n) is 1.35. The van der Waals surface area contributed by atoms with Crippen molar-refractivity contribution in [1.29, 1.82) is 0 Å². The van der Waals surface area contributed by atoms with Gasteiger partial charge in [0, 0.05) is 0 Å². The summed E-state index contributed by atoms with van der Waals surface area (Å²) < 4.78 is 0. The van der Waals surface area contributed by atoms with Crippen LogP contribution in [0.2, 0.25) is 0 Å². The predicted molar refractivity (Wildman–Crippen MR) is 56.7 cm³/mol. The highest BCUT2D eigenvalue weighted by Crippen LogP contribution is 2.24. The summed E-state index contributed by atoms with van der Waals surface area (Å²) in [5.41, 5.74) is 0. The van der Waals surface area contributed by atoms with Crippen LogP contribution in [-0.4, -0.2) is 45.7 Å². The molecular weight excluding hydrogens is 218 g/mol. The fraction of sp³-hybridized carbons (Fsp3) is 0.778. The van der Waals surface area contributed by atoms with Gasteiger partial charge in [0.1, 0.15) is 0 Å². The third-order valence-electron chi connectivity index (χ3n) is 2.23. The van der Waals surface area contributed by atoms with Crippen LogP contribution >= 0.6 is 11.8 Å². The number of carbonyl (C=O) groups is 2. The largest absolute Gasteiger partial charge is 0.479 e. The first kappa shape index (κ1) is 12.3. The van der Waals surface area contributed by atoms with Crippen LogP contribution in [0.25, 0.3) is 0 Å². The minimum absolute atomic E-state index is 0.0836. The van der Waals surface area contributed by atoms with E-state index in [1.807, 2.05) is 0 Å². The first-order valence-corrected chi connectivity index (χ1v) is 5.96. The van der Waals surface area contributed by atoms with Crippen molar-refractivity contribution in [3.05, 3.63) is 0 Å². The van der Waals surface area contributed by atoms with Gasteiger partial charge in [0.15, 0.2) is 6.10 Å². The highest BCUT2D eigenvalue weighted by atomic mass is 32.2. The molecule has 0 bridgehead atoms. The van der Waals surface area contributed by atoms with E-state index in [4.69, 9.17) is 10.2 Å². The number of hydrogen-bond acceptors (Lipinski definition) is 4. The van der Waals surface area contributed by atoms with E-state index < -0.39 is 12.1 Å². The Morgan fingerprint density at radius 1 is 1.47 bits per heavy atom. The molecule has 2 atom stereocenters. The Morgan fingerprint density at radius 2 is 2.20 bits per heavy atom. The highest BCUT2D eigenvalue weighted by molar-refractivity contribution is 8.00. The number of aliphatic hydroxyl groups excluding tert-OH is 1. The van der Waals surface area contributed by atoms with Crippen LogP contribution < -0.4 is 5.32 Å². The third-order valence-corrected chi connectivity index (χ3v) is 3.60. The smallest absolute Gasteiger partial charge is 0.334 e. The first-order valence-electron chi connectivity index (χ1n) is 4.91. The lowest BCUT2D eigenvalue weighted by Crippen LogP contribution is -2.41. The van der Waals surface area contributed by atoms with Crippen molar-refractivity contribution in [1.82, 2.24) is 5.32 Å². The normalized spacial score (nSPS) is 23.1. The molecule has 0 aromatic rings. The Morgan fingerprint density at radius 3 is 2.73 bits per heavy atom. The zero-order valence-corrected chi connectivity index (χ0v) is 9.13. The second kappa shape index (κ2) is 5.97. The number of thioether (sulfide) groups is 1. The van der Waals surface area contributed by atoms with Gasteiger partial charge >= 0.3 is 5.97 Å². The number of nitrogens with one attached hydrogen (secondary N) is 1. The maximum absolute atomic E-state index is 11.5. The standard InChI is InChI=1S/C9H15NO4S/c11-6(9(13)14)5-10-8(12)7-3-1-2-4-15-7/h6-7,11H,1-5H2,(H,10,12)(H,13,14). The van der Waals surface area contributed by atoms with Crippen LogP contribution in [0.15, 0.2) is 0 Å². The molecule has 2 unspecified atom stereocenters. The molecule has 6 heteroatoms. The van der Waals surface area contributed by atoms with Crippen LogP contribution in [0.3, 0.4) is 0 Å². The Bertz CT molecular complexity index is 240. The molecule has 1 fully saturated rings. The second-order valence-electron chi connectivity index (χ2n) is 3.45. The zero-order valence-electron chi connectivity index (χ0n) is 8.31. The number of hydrogen-bond donors (Lipinski definition) is 3. The summed E-state index contributed by atoms with van der Waals surface area (Å²) in [6.45, 7) is -0.217. The van der Waals surface area contributed by atoms with E-state index >= 15 is 0 Å². The third kappa shape index (κ3) is 4.09. The average Bonchev–Trinajstić information content (AvgIpc) is 2.26. The molecule has 0 aromatic heterocycles. The zero-order chi connectivity index (χ0) is 11.3. The average molecular weight is 233 g/mol. The number of aliphatic hydroxyl groups is 1. The number of rotatable bonds is 4. The van der Waals surface area contributed by atoms with Gasteiger partial charge in [0.05, 0.1) is 11.8 Å². The Labute approximate surface area is 92.2 Å². The van der Waals surface area contributed by atoms with Crippen LogP contribution in [0.5, 0.6) is 0 Å². The minimum Gasteiger partial charge on any atom is -0.479 e. The van der Waals surface area contributed by atoms with Crippen LogP contribution in [0.1, 0.15) is 19.3 Å². The maximum Gasteiger partial charge on any atom is 0.334 e. The van der Waals surface area contributed by atoms with E-state index in [2.05, 4.69) is 5.32 Å². The molecule has 86 valence electrons. The second-order valence-corrected chi connectivity index (χ2v) is 4.77. The SMILES string of the molecule is O=C(O)C(O)CNC(=O)C1CCCCS1. The van der Waals surface area contributed by atoms with E-state index in [-0.39, 0.29) is 17.7 Å². The lowest BCUT2D eigenvalue weighted by molar-refractivity contribution is -0.146. The Balaban J connectivity index is 2.25. The van der Waals surface area contributed by atoms with E-state index in [0.29, 0.717) is 0 Å². The molecule has 0 aromatic carbocycles. The van der Waals surface area contributed by atoms with Crippen molar-refractivity contribution in [2.75, 3.05) is 12.3 Å². The lowest BCUT2D eigenvalue weighted by atomic mass is 10.2. The topological polar surface area (TPSA) is 86.6 Å². The summed E-state index contributed by atoms with van der Waals surface area (Å²) >= 11 is 1.59. The molecule has 1 aliphatic heterocycles. The lowest BCUT2D eigenvalue weighted by Gasteiger charge is -2.20. The Hall–Kier alpha value is -0.750. The summed E-state index contributed by atoms with van der Waals surface area (Å²) in [4.78, 5) is 21.8. The van der Waals surface area contributed by atoms with Crippen molar-refractivity contribution in [3.8, 4) is 0 Å². The van der Waals surface area contributed by atoms with Crippen LogP contribution in [-0.2, 0) is 9.59 Å². The van der Waals surface area contributed by atoms with Crippen LogP contribution in [0, 0.1) is 0 Å². The molecule has 1 rings (SSSR count). The molecule has 5 nitrogen and oxygen atoms in total. The number of carboxylic acids is 1. The monoisotopic (exact) mass is 233 g/mol. The van der Waals surface area contributed by atoms with Crippen molar-refractivity contribution < 1.29 is 19.8 Å². The molecule has 1 aliphatic rings. The number of carboxylic acid groups (broad SMARTS) is 1. The molecule has 15 heavy (non-hydrogen) atoms. The predicted octanol–water partition coefficient (Wildman–Crippen LogP) is -0.166. The van der Waals surface area contributed by atoms with Crippen molar-refractivity contribution in [3.63, 3.8) is 0 Å². The van der Waals surface area contributed by atoms with Gasteiger partial charge < -0.3 is 15.5 Å². The Kier molecular flexibility index (Phi) is 4.90. The van der Waals surface area contributed by atoms with Crippen LogP contribution in [0.4, 0.5) is 0 Å².